The fourth-order valence-corrected chi connectivity index (χ4v) is 6.69. The number of carboxylic acid groups (broad SMARTS) is 1. The van der Waals surface area contributed by atoms with Gasteiger partial charge in [-0.2, -0.15) is 0 Å². The average Bonchev–Trinajstić information content (AvgIpc) is 3.53. The van der Waals surface area contributed by atoms with Gasteiger partial charge in [0.25, 0.3) is 0 Å². The molecule has 2 aromatic rings. The monoisotopic (exact) mass is 494 g/mol. The number of carboxylic acids is 1. The highest BCUT2D eigenvalue weighted by molar-refractivity contribution is 8.00. The van der Waals surface area contributed by atoms with Crippen LogP contribution >= 0.6 is 11.8 Å². The lowest BCUT2D eigenvalue weighted by Crippen LogP contribution is -2.48. The van der Waals surface area contributed by atoms with E-state index < -0.39 is 18.1 Å². The first-order valence-corrected chi connectivity index (χ1v) is 13.3. The van der Waals surface area contributed by atoms with E-state index in [1.54, 1.807) is 0 Å². The van der Waals surface area contributed by atoms with Crippen LogP contribution in [-0.4, -0.2) is 57.8 Å². The van der Waals surface area contributed by atoms with Gasteiger partial charge < -0.3 is 20.1 Å². The SMILES string of the molecule is CCC1SCC(C(=O)O)N1C(=O)CC(NC(=O)OCC1c2ccccc2-c2ccccc21)C1CC1. The van der Waals surface area contributed by atoms with Crippen LogP contribution < -0.4 is 5.32 Å². The first-order valence-electron chi connectivity index (χ1n) is 12.2. The highest BCUT2D eigenvalue weighted by atomic mass is 32.2. The molecule has 1 saturated carbocycles. The van der Waals surface area contributed by atoms with Gasteiger partial charge in [0.1, 0.15) is 12.6 Å². The molecule has 184 valence electrons. The van der Waals surface area contributed by atoms with Crippen molar-refractivity contribution in [1.82, 2.24) is 10.2 Å². The number of hydrogen-bond donors (Lipinski definition) is 2. The molecule has 3 aliphatic rings. The molecule has 5 rings (SSSR count). The number of thioether (sulfide) groups is 1. The molecule has 2 N–H and O–H groups in total. The lowest BCUT2D eigenvalue weighted by Gasteiger charge is -2.29. The van der Waals surface area contributed by atoms with E-state index in [1.807, 2.05) is 31.2 Å². The first-order chi connectivity index (χ1) is 17.0. The number of carbonyl (C=O) groups is 3. The number of amides is 2. The second-order valence-electron chi connectivity index (χ2n) is 9.47. The largest absolute Gasteiger partial charge is 0.480 e. The summed E-state index contributed by atoms with van der Waals surface area (Å²) in [6.07, 6.45) is 2.13. The molecule has 1 saturated heterocycles. The van der Waals surface area contributed by atoms with Gasteiger partial charge in [-0.25, -0.2) is 9.59 Å². The molecule has 2 aliphatic carbocycles. The van der Waals surface area contributed by atoms with E-state index in [2.05, 4.69) is 29.6 Å². The van der Waals surface area contributed by atoms with Crippen LogP contribution in [0, 0.1) is 5.92 Å². The molecule has 2 aromatic carbocycles. The number of rotatable bonds is 8. The molecule has 3 unspecified atom stereocenters. The molecule has 1 aliphatic heterocycles. The van der Waals surface area contributed by atoms with Crippen molar-refractivity contribution >= 4 is 29.7 Å². The van der Waals surface area contributed by atoms with Crippen LogP contribution in [0.3, 0.4) is 0 Å². The molecule has 1 heterocycles. The fraction of sp³-hybridized carbons (Fsp3) is 0.444. The van der Waals surface area contributed by atoms with Gasteiger partial charge in [0.15, 0.2) is 0 Å². The van der Waals surface area contributed by atoms with E-state index in [1.165, 1.54) is 27.8 Å². The van der Waals surface area contributed by atoms with E-state index in [4.69, 9.17) is 4.74 Å². The van der Waals surface area contributed by atoms with Gasteiger partial charge in [-0.1, -0.05) is 55.5 Å². The zero-order valence-corrected chi connectivity index (χ0v) is 20.5. The smallest absolute Gasteiger partial charge is 0.407 e. The maximum atomic E-state index is 13.2. The van der Waals surface area contributed by atoms with E-state index in [-0.39, 0.29) is 42.2 Å². The van der Waals surface area contributed by atoms with Crippen LogP contribution in [0.15, 0.2) is 48.5 Å². The highest BCUT2D eigenvalue weighted by Gasteiger charge is 2.43. The summed E-state index contributed by atoms with van der Waals surface area (Å²) in [6, 6.07) is 15.2. The number of benzene rings is 2. The Morgan fingerprint density at radius 1 is 1.09 bits per heavy atom. The van der Waals surface area contributed by atoms with Crippen LogP contribution in [0.25, 0.3) is 11.1 Å². The summed E-state index contributed by atoms with van der Waals surface area (Å²) >= 11 is 1.50. The second kappa shape index (κ2) is 9.93. The molecule has 35 heavy (non-hydrogen) atoms. The van der Waals surface area contributed by atoms with Gasteiger partial charge in [-0.05, 0) is 47.4 Å². The quantitative estimate of drug-likeness (QED) is 0.563. The maximum Gasteiger partial charge on any atom is 0.407 e. The Hall–Kier alpha value is -3.00. The Bertz CT molecular complexity index is 1090. The lowest BCUT2D eigenvalue weighted by atomic mass is 9.98. The van der Waals surface area contributed by atoms with Gasteiger partial charge >= 0.3 is 12.1 Å². The summed E-state index contributed by atoms with van der Waals surface area (Å²) < 4.78 is 5.68. The molecule has 0 radical (unpaired) electrons. The standard InChI is InChI=1S/C27H30N2O5S/c1-2-25-29(23(15-35-25)26(31)32)24(30)13-22(16-11-12-16)28-27(33)34-14-21-19-9-5-3-7-17(19)18-8-4-6-10-20(18)21/h3-10,16,21-23,25H,2,11-15H2,1H3,(H,28,33)(H,31,32). The van der Waals surface area contributed by atoms with Gasteiger partial charge in [-0.3, -0.25) is 4.79 Å². The Morgan fingerprint density at radius 2 is 1.71 bits per heavy atom. The average molecular weight is 495 g/mol. The number of nitrogens with zero attached hydrogens (tertiary/aromatic N) is 1. The van der Waals surface area contributed by atoms with Crippen LogP contribution in [0.5, 0.6) is 0 Å². The Balaban J connectivity index is 1.23. The van der Waals surface area contributed by atoms with Crippen molar-refractivity contribution in [3.8, 4) is 11.1 Å². The van der Waals surface area contributed by atoms with Crippen molar-refractivity contribution in [2.45, 2.75) is 56.0 Å². The molecule has 2 amide bonds. The number of carbonyl (C=O) groups excluding carboxylic acids is 2. The van der Waals surface area contributed by atoms with Crippen molar-refractivity contribution < 1.29 is 24.2 Å². The van der Waals surface area contributed by atoms with Crippen LogP contribution in [0.2, 0.25) is 0 Å². The molecule has 7 nitrogen and oxygen atoms in total. The van der Waals surface area contributed by atoms with Gasteiger partial charge in [0.05, 0.1) is 5.37 Å². The summed E-state index contributed by atoms with van der Waals surface area (Å²) in [7, 11) is 0. The van der Waals surface area contributed by atoms with Gasteiger partial charge in [0.2, 0.25) is 5.91 Å². The van der Waals surface area contributed by atoms with E-state index >= 15 is 0 Å². The molecule has 0 spiro atoms. The third-order valence-electron chi connectivity index (χ3n) is 7.25. The van der Waals surface area contributed by atoms with Gasteiger partial charge in [-0.15, -0.1) is 11.8 Å². The van der Waals surface area contributed by atoms with Crippen molar-refractivity contribution in [1.29, 1.82) is 0 Å². The van der Waals surface area contributed by atoms with Crippen LogP contribution in [-0.2, 0) is 14.3 Å². The normalized spacial score (nSPS) is 21.8. The van der Waals surface area contributed by atoms with Crippen molar-refractivity contribution in [3.05, 3.63) is 59.7 Å². The number of aliphatic carboxylic acids is 1. The van der Waals surface area contributed by atoms with Crippen molar-refractivity contribution in [2.75, 3.05) is 12.4 Å². The fourth-order valence-electron chi connectivity index (χ4n) is 5.32. The first kappa shape index (κ1) is 23.7. The molecule has 2 fully saturated rings. The number of hydrogen-bond acceptors (Lipinski definition) is 5. The number of alkyl carbamates (subject to hydrolysis) is 1. The third-order valence-corrected chi connectivity index (χ3v) is 8.70. The molecule has 3 atom stereocenters. The third kappa shape index (κ3) is 4.76. The lowest BCUT2D eigenvalue weighted by molar-refractivity contribution is -0.149. The molecule has 8 heteroatoms. The summed E-state index contributed by atoms with van der Waals surface area (Å²) in [4.78, 5) is 39.1. The predicted octanol–water partition coefficient (Wildman–Crippen LogP) is 4.46. The number of ether oxygens (including phenoxy) is 1. The minimum Gasteiger partial charge on any atom is -0.480 e. The molecule has 0 aromatic heterocycles. The minimum absolute atomic E-state index is 0.0302. The zero-order valence-electron chi connectivity index (χ0n) is 19.7. The predicted molar refractivity (Wildman–Crippen MR) is 134 cm³/mol. The summed E-state index contributed by atoms with van der Waals surface area (Å²) in [5.74, 6) is -0.608. The van der Waals surface area contributed by atoms with Crippen molar-refractivity contribution in [3.63, 3.8) is 0 Å². The van der Waals surface area contributed by atoms with Crippen LogP contribution in [0.4, 0.5) is 4.79 Å². The summed E-state index contributed by atoms with van der Waals surface area (Å²) in [5, 5.41) is 12.3. The van der Waals surface area contributed by atoms with Gasteiger partial charge in [0, 0.05) is 24.1 Å². The molecule has 0 bridgehead atoms. The topological polar surface area (TPSA) is 95.9 Å². The molecular weight excluding hydrogens is 464 g/mol. The zero-order chi connectivity index (χ0) is 24.5. The van der Waals surface area contributed by atoms with E-state index in [9.17, 15) is 19.5 Å². The summed E-state index contributed by atoms with van der Waals surface area (Å²) in [6.45, 7) is 2.17. The maximum absolute atomic E-state index is 13.2. The minimum atomic E-state index is -0.978. The van der Waals surface area contributed by atoms with Crippen molar-refractivity contribution in [2.24, 2.45) is 5.92 Å². The Morgan fingerprint density at radius 3 is 2.29 bits per heavy atom. The number of fused-ring (bicyclic) bond motifs is 3. The summed E-state index contributed by atoms with van der Waals surface area (Å²) in [5.41, 5.74) is 4.63. The highest BCUT2D eigenvalue weighted by Crippen LogP contribution is 2.44. The van der Waals surface area contributed by atoms with Crippen LogP contribution in [0.1, 0.15) is 49.7 Å². The Kier molecular flexibility index (Phi) is 6.73. The second-order valence-corrected chi connectivity index (χ2v) is 10.7. The van der Waals surface area contributed by atoms with E-state index in [0.717, 1.165) is 24.0 Å². The van der Waals surface area contributed by atoms with E-state index in [0.29, 0.717) is 12.2 Å². The molecular formula is C27H30N2O5S. The Labute approximate surface area is 209 Å². The number of nitrogens with one attached hydrogen (secondary N) is 1.